The van der Waals surface area contributed by atoms with Crippen LogP contribution in [-0.2, 0) is 13.1 Å². The molecule has 1 aliphatic rings. The fourth-order valence-corrected chi connectivity index (χ4v) is 3.19. The second-order valence-corrected chi connectivity index (χ2v) is 6.05. The fourth-order valence-electron chi connectivity index (χ4n) is 3.19. The molecule has 22 heavy (non-hydrogen) atoms. The molecule has 0 saturated carbocycles. The van der Waals surface area contributed by atoms with Gasteiger partial charge in [0.15, 0.2) is 0 Å². The van der Waals surface area contributed by atoms with Gasteiger partial charge in [0.05, 0.1) is 37.3 Å². The average Bonchev–Trinajstić information content (AvgIpc) is 2.86. The highest BCUT2D eigenvalue weighted by atomic mass is 16.3. The maximum Gasteiger partial charge on any atom is 0.0949 e. The molecule has 1 atom stereocenters. The van der Waals surface area contributed by atoms with Gasteiger partial charge in [0.25, 0.3) is 0 Å². The number of benzene rings is 1. The van der Waals surface area contributed by atoms with Gasteiger partial charge in [-0.1, -0.05) is 30.3 Å². The molecule has 2 aromatic rings. The lowest BCUT2D eigenvalue weighted by atomic mass is 10.1. The lowest BCUT2D eigenvalue weighted by Crippen LogP contribution is -2.37. The minimum atomic E-state index is -0.751. The SMILES string of the molecule is CN1Cc2c(cn(CC(O)CO)c2-c2ccccc2)N(C)C1. The number of aliphatic hydroxyl groups is 2. The van der Waals surface area contributed by atoms with Crippen LogP contribution in [0.25, 0.3) is 11.3 Å². The number of hydrogen-bond donors (Lipinski definition) is 2. The van der Waals surface area contributed by atoms with Crippen LogP contribution < -0.4 is 4.90 Å². The zero-order valence-electron chi connectivity index (χ0n) is 13.1. The van der Waals surface area contributed by atoms with E-state index in [0.29, 0.717) is 6.54 Å². The highest BCUT2D eigenvalue weighted by Gasteiger charge is 2.25. The number of nitrogens with zero attached hydrogens (tertiary/aromatic N) is 3. The molecule has 1 aliphatic heterocycles. The van der Waals surface area contributed by atoms with Crippen molar-refractivity contribution in [2.45, 2.75) is 19.2 Å². The summed E-state index contributed by atoms with van der Waals surface area (Å²) in [7, 11) is 4.18. The maximum atomic E-state index is 9.87. The lowest BCUT2D eigenvalue weighted by Gasteiger charge is -2.32. The highest BCUT2D eigenvalue weighted by Crippen LogP contribution is 2.36. The Bertz CT molecular complexity index is 639. The molecule has 2 heterocycles. The normalized spacial score (nSPS) is 16.6. The van der Waals surface area contributed by atoms with E-state index in [1.807, 2.05) is 18.2 Å². The molecule has 0 amide bonds. The predicted molar refractivity (Wildman–Crippen MR) is 87.7 cm³/mol. The topological polar surface area (TPSA) is 51.9 Å². The van der Waals surface area contributed by atoms with E-state index in [1.54, 1.807) is 0 Å². The van der Waals surface area contributed by atoms with Crippen molar-refractivity contribution in [3.8, 4) is 11.3 Å². The van der Waals surface area contributed by atoms with Crippen molar-refractivity contribution < 1.29 is 10.2 Å². The molecule has 1 aromatic carbocycles. The van der Waals surface area contributed by atoms with Gasteiger partial charge in [0.2, 0.25) is 0 Å². The fraction of sp³-hybridized carbons (Fsp3) is 0.412. The summed E-state index contributed by atoms with van der Waals surface area (Å²) in [4.78, 5) is 4.48. The number of aromatic nitrogens is 1. The summed E-state index contributed by atoms with van der Waals surface area (Å²) in [5, 5.41) is 19.0. The third kappa shape index (κ3) is 2.75. The Morgan fingerprint density at radius 2 is 1.91 bits per heavy atom. The van der Waals surface area contributed by atoms with Crippen molar-refractivity contribution in [3.63, 3.8) is 0 Å². The molecule has 3 rings (SSSR count). The van der Waals surface area contributed by atoms with Crippen LogP contribution in [0.1, 0.15) is 5.56 Å². The molecule has 1 unspecified atom stereocenters. The molecule has 0 fully saturated rings. The Morgan fingerprint density at radius 1 is 1.18 bits per heavy atom. The Labute approximate surface area is 131 Å². The monoisotopic (exact) mass is 301 g/mol. The molecule has 0 saturated heterocycles. The van der Waals surface area contributed by atoms with Gasteiger partial charge in [-0.3, -0.25) is 4.90 Å². The van der Waals surface area contributed by atoms with Crippen LogP contribution in [0.5, 0.6) is 0 Å². The molecule has 2 N–H and O–H groups in total. The third-order valence-corrected chi connectivity index (χ3v) is 4.12. The Morgan fingerprint density at radius 3 is 2.59 bits per heavy atom. The molecule has 0 radical (unpaired) electrons. The van der Waals surface area contributed by atoms with Gasteiger partial charge >= 0.3 is 0 Å². The average molecular weight is 301 g/mol. The van der Waals surface area contributed by atoms with Crippen molar-refractivity contribution in [2.75, 3.05) is 32.3 Å². The van der Waals surface area contributed by atoms with Gasteiger partial charge in [-0.25, -0.2) is 0 Å². The van der Waals surface area contributed by atoms with E-state index in [4.69, 9.17) is 0 Å². The molecule has 0 spiro atoms. The second-order valence-electron chi connectivity index (χ2n) is 6.05. The van der Waals surface area contributed by atoms with E-state index in [0.717, 1.165) is 24.5 Å². The molecule has 1 aromatic heterocycles. The molecule has 118 valence electrons. The number of anilines is 1. The molecule has 5 nitrogen and oxygen atoms in total. The van der Waals surface area contributed by atoms with Crippen molar-refractivity contribution in [2.24, 2.45) is 0 Å². The third-order valence-electron chi connectivity index (χ3n) is 4.12. The quantitative estimate of drug-likeness (QED) is 0.895. The van der Waals surface area contributed by atoms with E-state index < -0.39 is 6.10 Å². The van der Waals surface area contributed by atoms with Crippen LogP contribution in [-0.4, -0.2) is 53.2 Å². The van der Waals surface area contributed by atoms with E-state index in [1.165, 1.54) is 11.3 Å². The molecular weight excluding hydrogens is 278 g/mol. The summed E-state index contributed by atoms with van der Waals surface area (Å²) in [6, 6.07) is 10.2. The zero-order valence-corrected chi connectivity index (χ0v) is 13.1. The first-order valence-corrected chi connectivity index (χ1v) is 7.56. The van der Waals surface area contributed by atoms with E-state index in [9.17, 15) is 10.2 Å². The van der Waals surface area contributed by atoms with Crippen LogP contribution in [0.4, 0.5) is 5.69 Å². The zero-order chi connectivity index (χ0) is 15.7. The molecule has 0 bridgehead atoms. The standard InChI is InChI=1S/C17H23N3O2/c1-18-9-15-16(19(2)12-18)10-20(8-14(22)11-21)17(15)13-6-4-3-5-7-13/h3-7,10,14,21-22H,8-9,11-12H2,1-2H3. The Kier molecular flexibility index (Phi) is 4.20. The van der Waals surface area contributed by atoms with Crippen LogP contribution in [0.15, 0.2) is 36.5 Å². The summed E-state index contributed by atoms with van der Waals surface area (Å²) in [5.74, 6) is 0. The minimum absolute atomic E-state index is 0.229. The van der Waals surface area contributed by atoms with Crippen LogP contribution in [0, 0.1) is 0 Å². The first kappa shape index (κ1) is 15.1. The van der Waals surface area contributed by atoms with Crippen LogP contribution >= 0.6 is 0 Å². The van der Waals surface area contributed by atoms with E-state index >= 15 is 0 Å². The highest BCUT2D eigenvalue weighted by molar-refractivity contribution is 5.73. The van der Waals surface area contributed by atoms with Gasteiger partial charge in [-0.05, 0) is 12.6 Å². The maximum absolute atomic E-state index is 9.87. The summed E-state index contributed by atoms with van der Waals surface area (Å²) in [5.41, 5.74) is 4.73. The van der Waals surface area contributed by atoms with Crippen molar-refractivity contribution >= 4 is 5.69 Å². The number of aliphatic hydroxyl groups excluding tert-OH is 2. The first-order chi connectivity index (χ1) is 10.6. The Hall–Kier alpha value is -1.82. The van der Waals surface area contributed by atoms with Gasteiger partial charge < -0.3 is 19.7 Å². The smallest absolute Gasteiger partial charge is 0.0949 e. The predicted octanol–water partition coefficient (Wildman–Crippen LogP) is 1.35. The Balaban J connectivity index is 2.12. The van der Waals surface area contributed by atoms with Crippen LogP contribution in [0.2, 0.25) is 0 Å². The van der Waals surface area contributed by atoms with Gasteiger partial charge in [-0.15, -0.1) is 0 Å². The van der Waals surface area contributed by atoms with E-state index in [2.05, 4.69) is 46.8 Å². The summed E-state index contributed by atoms with van der Waals surface area (Å²) < 4.78 is 2.07. The van der Waals surface area contributed by atoms with E-state index in [-0.39, 0.29) is 6.61 Å². The van der Waals surface area contributed by atoms with Gasteiger partial charge in [0, 0.05) is 25.4 Å². The largest absolute Gasteiger partial charge is 0.394 e. The van der Waals surface area contributed by atoms with Crippen molar-refractivity contribution in [1.82, 2.24) is 9.47 Å². The van der Waals surface area contributed by atoms with Crippen LogP contribution in [0.3, 0.4) is 0 Å². The summed E-state index contributed by atoms with van der Waals surface area (Å²) >= 11 is 0. The number of hydrogen-bond acceptors (Lipinski definition) is 4. The first-order valence-electron chi connectivity index (χ1n) is 7.56. The summed E-state index contributed by atoms with van der Waals surface area (Å²) in [6.07, 6.45) is 1.34. The second kappa shape index (κ2) is 6.12. The van der Waals surface area contributed by atoms with Gasteiger partial charge in [0.1, 0.15) is 0 Å². The molecule has 5 heteroatoms. The number of fused-ring (bicyclic) bond motifs is 1. The van der Waals surface area contributed by atoms with Crippen molar-refractivity contribution in [1.29, 1.82) is 0 Å². The summed E-state index contributed by atoms with van der Waals surface area (Å²) in [6.45, 7) is 1.93. The number of rotatable bonds is 4. The molecule has 0 aliphatic carbocycles. The lowest BCUT2D eigenvalue weighted by molar-refractivity contribution is 0.0816. The minimum Gasteiger partial charge on any atom is -0.394 e. The van der Waals surface area contributed by atoms with Gasteiger partial charge in [-0.2, -0.15) is 0 Å². The molecular formula is C17H23N3O2. The van der Waals surface area contributed by atoms with Crippen molar-refractivity contribution in [3.05, 3.63) is 42.1 Å².